The van der Waals surface area contributed by atoms with Gasteiger partial charge in [0.15, 0.2) is 23.3 Å². The molecular formula is C14H21F2N3. The molecule has 0 aliphatic heterocycles. The first-order valence-corrected chi connectivity index (χ1v) is 6.89. The van der Waals surface area contributed by atoms with E-state index in [0.29, 0.717) is 18.5 Å². The van der Waals surface area contributed by atoms with Crippen molar-refractivity contribution in [3.05, 3.63) is 17.7 Å². The predicted molar refractivity (Wildman–Crippen MR) is 73.5 cm³/mol. The summed E-state index contributed by atoms with van der Waals surface area (Å²) in [4.78, 5) is 6.11. The number of pyridine rings is 1. The molecule has 1 aliphatic rings. The van der Waals surface area contributed by atoms with Crippen molar-refractivity contribution in [3.63, 3.8) is 0 Å². The van der Waals surface area contributed by atoms with Gasteiger partial charge >= 0.3 is 0 Å². The summed E-state index contributed by atoms with van der Waals surface area (Å²) in [5.74, 6) is -0.397. The molecule has 0 unspecified atom stereocenters. The Bertz CT molecular complexity index is 445. The van der Waals surface area contributed by atoms with Crippen LogP contribution in [0.25, 0.3) is 0 Å². The number of nitrogens with zero attached hydrogens (tertiary/aromatic N) is 2. The highest BCUT2D eigenvalue weighted by Gasteiger charge is 2.32. The van der Waals surface area contributed by atoms with E-state index >= 15 is 0 Å². The Balaban J connectivity index is 2.32. The smallest absolute Gasteiger partial charge is 0.168 e. The zero-order chi connectivity index (χ0) is 14.0. The zero-order valence-corrected chi connectivity index (χ0v) is 11.7. The first kappa shape index (κ1) is 14.0. The lowest BCUT2D eigenvalue weighted by atomic mass is 10.2. The second kappa shape index (κ2) is 5.72. The fourth-order valence-corrected chi connectivity index (χ4v) is 2.14. The lowest BCUT2D eigenvalue weighted by molar-refractivity contribution is 0.551. The van der Waals surface area contributed by atoms with E-state index in [1.54, 1.807) is 0 Å². The van der Waals surface area contributed by atoms with E-state index in [2.05, 4.69) is 24.1 Å². The van der Waals surface area contributed by atoms with Crippen LogP contribution < -0.4 is 10.2 Å². The van der Waals surface area contributed by atoms with Gasteiger partial charge in [-0.3, -0.25) is 0 Å². The largest absolute Gasteiger partial charge is 0.368 e. The summed E-state index contributed by atoms with van der Waals surface area (Å²) in [6.07, 6.45) is 2.11. The van der Waals surface area contributed by atoms with Crippen molar-refractivity contribution < 1.29 is 8.78 Å². The van der Waals surface area contributed by atoms with Gasteiger partial charge in [0.2, 0.25) is 0 Å². The van der Waals surface area contributed by atoms with Crippen molar-refractivity contribution in [1.82, 2.24) is 4.98 Å². The predicted octanol–water partition coefficient (Wildman–Crippen LogP) is 3.42. The highest BCUT2D eigenvalue weighted by atomic mass is 19.1. The van der Waals surface area contributed by atoms with E-state index in [4.69, 9.17) is 0 Å². The van der Waals surface area contributed by atoms with Crippen LogP contribution in [0.4, 0.5) is 20.4 Å². The SMILES string of the molecule is CCNc1nc(N(CC(C)C)C2CC2)c(F)cc1F. The molecule has 0 saturated heterocycles. The molecule has 106 valence electrons. The Morgan fingerprint density at radius 2 is 2.05 bits per heavy atom. The molecule has 1 heterocycles. The topological polar surface area (TPSA) is 28.2 Å². The summed E-state index contributed by atoms with van der Waals surface area (Å²) < 4.78 is 27.6. The van der Waals surface area contributed by atoms with E-state index in [0.717, 1.165) is 25.5 Å². The number of aromatic nitrogens is 1. The molecule has 0 atom stereocenters. The standard InChI is InChI=1S/C14H21F2N3/c1-4-17-13-11(15)7-12(16)14(18-13)19(8-9(2)3)10-5-6-10/h7,9-10H,4-6,8H2,1-3H3,(H,17,18). The van der Waals surface area contributed by atoms with Gasteiger partial charge in [0.1, 0.15) is 0 Å². The first-order chi connectivity index (χ1) is 9.02. The summed E-state index contributed by atoms with van der Waals surface area (Å²) in [7, 11) is 0. The van der Waals surface area contributed by atoms with Gasteiger partial charge in [-0.2, -0.15) is 0 Å². The fourth-order valence-electron chi connectivity index (χ4n) is 2.14. The van der Waals surface area contributed by atoms with Gasteiger partial charge in [-0.1, -0.05) is 13.8 Å². The van der Waals surface area contributed by atoms with Gasteiger partial charge in [-0.15, -0.1) is 0 Å². The van der Waals surface area contributed by atoms with Gasteiger partial charge < -0.3 is 10.2 Å². The average Bonchev–Trinajstić information content (AvgIpc) is 3.14. The summed E-state index contributed by atoms with van der Waals surface area (Å²) in [6, 6.07) is 1.28. The summed E-state index contributed by atoms with van der Waals surface area (Å²) in [5, 5.41) is 2.83. The van der Waals surface area contributed by atoms with E-state index in [1.807, 2.05) is 11.8 Å². The average molecular weight is 269 g/mol. The minimum absolute atomic E-state index is 0.133. The third-order valence-electron chi connectivity index (χ3n) is 3.08. The van der Waals surface area contributed by atoms with Crippen LogP contribution in [0.5, 0.6) is 0 Å². The summed E-state index contributed by atoms with van der Waals surface area (Å²) in [5.41, 5.74) is 0. The van der Waals surface area contributed by atoms with Gasteiger partial charge in [0.25, 0.3) is 0 Å². The van der Waals surface area contributed by atoms with Crippen LogP contribution in [-0.4, -0.2) is 24.1 Å². The third-order valence-corrected chi connectivity index (χ3v) is 3.08. The molecule has 1 saturated carbocycles. The van der Waals surface area contributed by atoms with Crippen LogP contribution in [0.2, 0.25) is 0 Å². The molecule has 0 aromatic carbocycles. The lowest BCUT2D eigenvalue weighted by Crippen LogP contribution is -2.31. The van der Waals surface area contributed by atoms with Gasteiger partial charge in [0.05, 0.1) is 0 Å². The maximum Gasteiger partial charge on any atom is 0.168 e. The normalized spacial score (nSPS) is 14.8. The minimum Gasteiger partial charge on any atom is -0.368 e. The van der Waals surface area contributed by atoms with E-state index in [9.17, 15) is 8.78 Å². The first-order valence-electron chi connectivity index (χ1n) is 6.89. The van der Waals surface area contributed by atoms with Crippen LogP contribution in [0.3, 0.4) is 0 Å². The van der Waals surface area contributed by atoms with Crippen molar-refractivity contribution in [2.45, 2.75) is 39.7 Å². The molecule has 0 amide bonds. The Kier molecular flexibility index (Phi) is 4.22. The molecule has 5 heteroatoms. The maximum atomic E-state index is 14.0. The van der Waals surface area contributed by atoms with Gasteiger partial charge in [-0.25, -0.2) is 13.8 Å². The second-order valence-corrected chi connectivity index (χ2v) is 5.43. The number of hydrogen-bond acceptors (Lipinski definition) is 3. The molecular weight excluding hydrogens is 248 g/mol. The van der Waals surface area contributed by atoms with Crippen LogP contribution in [0, 0.1) is 17.6 Å². The number of halogens is 2. The van der Waals surface area contributed by atoms with Gasteiger partial charge in [0, 0.05) is 25.2 Å². The Morgan fingerprint density at radius 3 is 2.58 bits per heavy atom. The number of anilines is 2. The summed E-state index contributed by atoms with van der Waals surface area (Å²) in [6.45, 7) is 7.33. The van der Waals surface area contributed by atoms with E-state index < -0.39 is 11.6 Å². The highest BCUT2D eigenvalue weighted by Crippen LogP contribution is 2.33. The molecule has 19 heavy (non-hydrogen) atoms. The molecule has 1 aromatic rings. The molecule has 3 nitrogen and oxygen atoms in total. The van der Waals surface area contributed by atoms with Crippen molar-refractivity contribution in [2.24, 2.45) is 5.92 Å². The van der Waals surface area contributed by atoms with Crippen LogP contribution in [-0.2, 0) is 0 Å². The van der Waals surface area contributed by atoms with Crippen LogP contribution in [0.15, 0.2) is 6.07 Å². The minimum atomic E-state index is -0.636. The highest BCUT2D eigenvalue weighted by molar-refractivity contribution is 5.50. The second-order valence-electron chi connectivity index (χ2n) is 5.43. The maximum absolute atomic E-state index is 14.0. The van der Waals surface area contributed by atoms with E-state index in [1.165, 1.54) is 0 Å². The molecule has 0 radical (unpaired) electrons. The van der Waals surface area contributed by atoms with Crippen molar-refractivity contribution >= 4 is 11.6 Å². The molecule has 0 bridgehead atoms. The van der Waals surface area contributed by atoms with Crippen LogP contribution >= 0.6 is 0 Å². The number of hydrogen-bond donors (Lipinski definition) is 1. The molecule has 0 spiro atoms. The quantitative estimate of drug-likeness (QED) is 0.857. The zero-order valence-electron chi connectivity index (χ0n) is 11.7. The monoisotopic (exact) mass is 269 g/mol. The number of rotatable bonds is 6. The van der Waals surface area contributed by atoms with Crippen molar-refractivity contribution in [1.29, 1.82) is 0 Å². The van der Waals surface area contributed by atoms with Gasteiger partial charge in [-0.05, 0) is 25.7 Å². The van der Waals surface area contributed by atoms with Crippen molar-refractivity contribution in [3.8, 4) is 0 Å². The fraction of sp³-hybridized carbons (Fsp3) is 0.643. The van der Waals surface area contributed by atoms with Crippen molar-refractivity contribution in [2.75, 3.05) is 23.3 Å². The molecule has 1 aliphatic carbocycles. The lowest BCUT2D eigenvalue weighted by Gasteiger charge is -2.26. The Hall–Kier alpha value is -1.39. The molecule has 1 N–H and O–H groups in total. The third kappa shape index (κ3) is 3.33. The molecule has 1 aromatic heterocycles. The summed E-state index contributed by atoms with van der Waals surface area (Å²) >= 11 is 0. The number of nitrogens with one attached hydrogen (secondary N) is 1. The molecule has 2 rings (SSSR count). The van der Waals surface area contributed by atoms with Crippen LogP contribution in [0.1, 0.15) is 33.6 Å². The Labute approximate surface area is 113 Å². The Morgan fingerprint density at radius 1 is 1.37 bits per heavy atom. The molecule has 1 fully saturated rings. The van der Waals surface area contributed by atoms with E-state index in [-0.39, 0.29) is 11.6 Å².